The molecule has 0 heterocycles. The Morgan fingerprint density at radius 2 is 0.840 bits per heavy atom. The summed E-state index contributed by atoms with van der Waals surface area (Å²) in [4.78, 5) is 12.3. The van der Waals surface area contributed by atoms with Gasteiger partial charge in [-0.05, 0) is 44.9 Å². The fourth-order valence-electron chi connectivity index (χ4n) is 6.67. The van der Waals surface area contributed by atoms with Crippen molar-refractivity contribution in [2.75, 3.05) is 6.61 Å². The molecule has 294 valence electrons. The second-order valence-electron chi connectivity index (χ2n) is 15.1. The first-order valence-electron chi connectivity index (χ1n) is 22.2. The van der Waals surface area contributed by atoms with Crippen LogP contribution in [0, 0.1) is 0 Å². The molecule has 0 aromatic carbocycles. The molecule has 50 heavy (non-hydrogen) atoms. The van der Waals surface area contributed by atoms with E-state index in [0.717, 1.165) is 44.9 Å². The number of allylic oxidation sites excluding steroid dienone is 5. The largest absolute Gasteiger partial charge is 0.394 e. The maximum Gasteiger partial charge on any atom is 0.220 e. The van der Waals surface area contributed by atoms with Gasteiger partial charge in [0.1, 0.15) is 0 Å². The summed E-state index contributed by atoms with van der Waals surface area (Å²) in [7, 11) is 0. The summed E-state index contributed by atoms with van der Waals surface area (Å²) in [5, 5.41) is 23.0. The third kappa shape index (κ3) is 37.9. The summed E-state index contributed by atoms with van der Waals surface area (Å²) in [5.41, 5.74) is 0. The highest BCUT2D eigenvalue weighted by molar-refractivity contribution is 5.76. The second-order valence-corrected chi connectivity index (χ2v) is 15.1. The van der Waals surface area contributed by atoms with E-state index in [4.69, 9.17) is 0 Å². The van der Waals surface area contributed by atoms with Gasteiger partial charge in [0.05, 0.1) is 18.8 Å². The number of amides is 1. The van der Waals surface area contributed by atoms with Gasteiger partial charge in [-0.1, -0.05) is 217 Å². The summed E-state index contributed by atoms with van der Waals surface area (Å²) in [6.45, 7) is 4.27. The van der Waals surface area contributed by atoms with Gasteiger partial charge in [-0.3, -0.25) is 4.79 Å². The first-order chi connectivity index (χ1) is 24.7. The van der Waals surface area contributed by atoms with E-state index < -0.39 is 12.1 Å². The Kier molecular flexibility index (Phi) is 40.9. The van der Waals surface area contributed by atoms with E-state index in [1.807, 2.05) is 6.08 Å². The predicted molar refractivity (Wildman–Crippen MR) is 221 cm³/mol. The maximum absolute atomic E-state index is 12.3. The van der Waals surface area contributed by atoms with Crippen LogP contribution in [-0.2, 0) is 4.79 Å². The number of nitrogens with one attached hydrogen (secondary N) is 1. The molecule has 0 aromatic rings. The molecule has 0 aliphatic heterocycles. The standard InChI is InChI=1S/C46H87NO3/c1-3-5-7-9-11-13-15-17-19-20-21-22-23-24-25-26-27-28-29-31-33-35-37-39-41-45(49)44(43-48)47-46(50)42-40-38-36-34-32-30-18-16-14-12-10-8-6-4-2/h10,12,16,18,39,41,44-45,48-49H,3-9,11,13-15,17,19-38,40,42-43H2,1-2H3,(H,47,50)/b12-10-,18-16-,41-39+. The van der Waals surface area contributed by atoms with E-state index >= 15 is 0 Å². The molecule has 4 nitrogen and oxygen atoms in total. The lowest BCUT2D eigenvalue weighted by Crippen LogP contribution is -2.45. The zero-order valence-electron chi connectivity index (χ0n) is 33.7. The van der Waals surface area contributed by atoms with Crippen molar-refractivity contribution in [3.63, 3.8) is 0 Å². The van der Waals surface area contributed by atoms with Crippen LogP contribution < -0.4 is 5.32 Å². The van der Waals surface area contributed by atoms with Crippen LogP contribution in [0.3, 0.4) is 0 Å². The molecule has 0 aliphatic carbocycles. The fraction of sp³-hybridized carbons (Fsp3) is 0.848. The van der Waals surface area contributed by atoms with Crippen molar-refractivity contribution in [2.45, 2.75) is 244 Å². The van der Waals surface area contributed by atoms with Gasteiger partial charge in [-0.2, -0.15) is 0 Å². The van der Waals surface area contributed by atoms with Crippen molar-refractivity contribution < 1.29 is 15.0 Å². The second kappa shape index (κ2) is 42.0. The summed E-state index contributed by atoms with van der Waals surface area (Å²) >= 11 is 0. The van der Waals surface area contributed by atoms with Crippen molar-refractivity contribution in [3.8, 4) is 0 Å². The molecule has 3 N–H and O–H groups in total. The fourth-order valence-corrected chi connectivity index (χ4v) is 6.67. The quantitative estimate of drug-likeness (QED) is 0.0440. The van der Waals surface area contributed by atoms with Gasteiger partial charge in [0, 0.05) is 6.42 Å². The smallest absolute Gasteiger partial charge is 0.220 e. The van der Waals surface area contributed by atoms with Gasteiger partial charge in [0.15, 0.2) is 0 Å². The van der Waals surface area contributed by atoms with Gasteiger partial charge < -0.3 is 15.5 Å². The van der Waals surface area contributed by atoms with Crippen LogP contribution in [-0.4, -0.2) is 34.9 Å². The molecule has 0 aromatic heterocycles. The summed E-state index contributed by atoms with van der Waals surface area (Å²) < 4.78 is 0. The number of aliphatic hydroxyl groups is 2. The summed E-state index contributed by atoms with van der Waals surface area (Å²) in [5.74, 6) is -0.0778. The number of unbranched alkanes of at least 4 members (excludes halogenated alkanes) is 29. The average molecular weight is 702 g/mol. The summed E-state index contributed by atoms with van der Waals surface area (Å²) in [6.07, 6.45) is 55.4. The van der Waals surface area contributed by atoms with Crippen LogP contribution in [0.2, 0.25) is 0 Å². The molecule has 0 aliphatic rings. The van der Waals surface area contributed by atoms with E-state index in [0.29, 0.717) is 6.42 Å². The Labute approximate surface area is 312 Å². The Hall–Kier alpha value is -1.39. The molecule has 0 rings (SSSR count). The van der Waals surface area contributed by atoms with Crippen molar-refractivity contribution in [3.05, 3.63) is 36.5 Å². The molecule has 0 radical (unpaired) electrons. The third-order valence-corrected chi connectivity index (χ3v) is 10.1. The topological polar surface area (TPSA) is 69.6 Å². The van der Waals surface area contributed by atoms with Gasteiger partial charge in [-0.15, -0.1) is 0 Å². The molecule has 0 saturated heterocycles. The van der Waals surface area contributed by atoms with Crippen LogP contribution in [0.5, 0.6) is 0 Å². The number of hydrogen-bond acceptors (Lipinski definition) is 3. The van der Waals surface area contributed by atoms with E-state index in [2.05, 4.69) is 43.5 Å². The van der Waals surface area contributed by atoms with Crippen LogP contribution in [0.15, 0.2) is 36.5 Å². The van der Waals surface area contributed by atoms with Crippen molar-refractivity contribution in [2.24, 2.45) is 0 Å². The molecule has 4 heteroatoms. The number of carbonyl (C=O) groups excluding carboxylic acids is 1. The lowest BCUT2D eigenvalue weighted by Gasteiger charge is -2.20. The van der Waals surface area contributed by atoms with E-state index in [-0.39, 0.29) is 12.5 Å². The normalized spacial score (nSPS) is 13.3. The lowest BCUT2D eigenvalue weighted by atomic mass is 10.0. The van der Waals surface area contributed by atoms with Crippen LogP contribution >= 0.6 is 0 Å². The molecule has 2 atom stereocenters. The highest BCUT2D eigenvalue weighted by Crippen LogP contribution is 2.16. The minimum Gasteiger partial charge on any atom is -0.394 e. The van der Waals surface area contributed by atoms with Gasteiger partial charge >= 0.3 is 0 Å². The summed E-state index contributed by atoms with van der Waals surface area (Å²) in [6, 6.07) is -0.628. The first-order valence-corrected chi connectivity index (χ1v) is 22.2. The van der Waals surface area contributed by atoms with Crippen molar-refractivity contribution in [1.82, 2.24) is 5.32 Å². The van der Waals surface area contributed by atoms with Crippen LogP contribution in [0.4, 0.5) is 0 Å². The average Bonchev–Trinajstić information content (AvgIpc) is 3.12. The van der Waals surface area contributed by atoms with Crippen molar-refractivity contribution >= 4 is 5.91 Å². The monoisotopic (exact) mass is 702 g/mol. The van der Waals surface area contributed by atoms with E-state index in [1.54, 1.807) is 6.08 Å². The molecule has 0 bridgehead atoms. The van der Waals surface area contributed by atoms with E-state index in [9.17, 15) is 15.0 Å². The predicted octanol–water partition coefficient (Wildman–Crippen LogP) is 13.8. The third-order valence-electron chi connectivity index (χ3n) is 10.1. The molecule has 0 fully saturated rings. The van der Waals surface area contributed by atoms with Gasteiger partial charge in [0.25, 0.3) is 0 Å². The Morgan fingerprint density at radius 1 is 0.480 bits per heavy atom. The number of carbonyl (C=O) groups is 1. The number of hydrogen-bond donors (Lipinski definition) is 3. The van der Waals surface area contributed by atoms with Crippen LogP contribution in [0.1, 0.15) is 232 Å². The molecule has 0 saturated carbocycles. The minimum absolute atomic E-state index is 0.0778. The maximum atomic E-state index is 12.3. The number of aliphatic hydroxyl groups excluding tert-OH is 2. The highest BCUT2D eigenvalue weighted by Gasteiger charge is 2.17. The Morgan fingerprint density at radius 3 is 1.26 bits per heavy atom. The van der Waals surface area contributed by atoms with Crippen LogP contribution in [0.25, 0.3) is 0 Å². The van der Waals surface area contributed by atoms with Gasteiger partial charge in [0.2, 0.25) is 5.91 Å². The molecule has 0 spiro atoms. The Balaban J connectivity index is 3.54. The molecule has 2 unspecified atom stereocenters. The zero-order chi connectivity index (χ0) is 36.4. The number of rotatable bonds is 40. The molecule has 1 amide bonds. The minimum atomic E-state index is -0.844. The van der Waals surface area contributed by atoms with Gasteiger partial charge in [-0.25, -0.2) is 0 Å². The SMILES string of the molecule is CCCC/C=C\C/C=C\CCCCCCCC(=O)NC(CO)C(O)/C=C/CCCCCCCCCCCCCCCCCCCCCCCC. The van der Waals surface area contributed by atoms with E-state index in [1.165, 1.54) is 167 Å². The van der Waals surface area contributed by atoms with Crippen molar-refractivity contribution in [1.29, 1.82) is 0 Å². The Bertz CT molecular complexity index is 760. The molecular formula is C46H87NO3. The highest BCUT2D eigenvalue weighted by atomic mass is 16.3. The first kappa shape index (κ1) is 48.6. The zero-order valence-corrected chi connectivity index (χ0v) is 33.7. The lowest BCUT2D eigenvalue weighted by molar-refractivity contribution is -0.123. The molecular weight excluding hydrogens is 615 g/mol.